The first-order valence-electron chi connectivity index (χ1n) is 16.2. The summed E-state index contributed by atoms with van der Waals surface area (Å²) >= 11 is 0. The van der Waals surface area contributed by atoms with Gasteiger partial charge in [-0.2, -0.15) is 0 Å². The van der Waals surface area contributed by atoms with Gasteiger partial charge in [0.25, 0.3) is 0 Å². The van der Waals surface area contributed by atoms with E-state index in [0.717, 1.165) is 88.3 Å². The van der Waals surface area contributed by atoms with Crippen LogP contribution in [0.2, 0.25) is 0 Å². The molecule has 0 saturated heterocycles. The molecule has 0 aliphatic heterocycles. The largest absolute Gasteiger partial charge is 0.455 e. The van der Waals surface area contributed by atoms with E-state index in [4.69, 9.17) is 13.8 Å². The second kappa shape index (κ2) is 10.5. The molecule has 48 heavy (non-hydrogen) atoms. The lowest BCUT2D eigenvalue weighted by Gasteiger charge is -2.11. The third-order valence-corrected chi connectivity index (χ3v) is 9.49. The summed E-state index contributed by atoms with van der Waals surface area (Å²) in [5.74, 6) is 0. The summed E-state index contributed by atoms with van der Waals surface area (Å²) in [5, 5.41) is 6.36. The van der Waals surface area contributed by atoms with Crippen molar-refractivity contribution in [3.63, 3.8) is 0 Å². The van der Waals surface area contributed by atoms with Crippen molar-refractivity contribution in [3.05, 3.63) is 164 Å². The van der Waals surface area contributed by atoms with Gasteiger partial charge in [-0.3, -0.25) is 0 Å². The van der Waals surface area contributed by atoms with Crippen LogP contribution in [-0.2, 0) is 0 Å². The van der Waals surface area contributed by atoms with Gasteiger partial charge in [0.1, 0.15) is 22.4 Å². The molecule has 0 aliphatic carbocycles. The maximum Gasteiger partial charge on any atom is 0.161 e. The molecule has 3 heteroatoms. The van der Waals surface area contributed by atoms with Crippen LogP contribution in [0.25, 0.3) is 99.4 Å². The van der Waals surface area contributed by atoms with Crippen molar-refractivity contribution in [2.45, 2.75) is 0 Å². The van der Waals surface area contributed by atoms with Crippen molar-refractivity contribution < 1.29 is 8.83 Å². The Balaban J connectivity index is 1.26. The Morgan fingerprint density at radius 2 is 0.917 bits per heavy atom. The van der Waals surface area contributed by atoms with Crippen LogP contribution in [-0.4, -0.2) is 4.98 Å². The molecule has 0 fully saturated rings. The molecule has 0 radical (unpaired) electrons. The SMILES string of the molecule is c1ccc(-c2ccc(-c3cc4c(oc5ccccc54)c(-c4cc5c6cccc(-c7ccccc7)c6oc5c5ccccc45)n3)cc2)cc1. The highest BCUT2D eigenvalue weighted by Crippen LogP contribution is 2.45. The van der Waals surface area contributed by atoms with Gasteiger partial charge in [0, 0.05) is 43.6 Å². The van der Waals surface area contributed by atoms with E-state index in [1.807, 2.05) is 24.3 Å². The number of para-hydroxylation sites is 2. The van der Waals surface area contributed by atoms with Crippen molar-refractivity contribution >= 4 is 54.6 Å². The summed E-state index contributed by atoms with van der Waals surface area (Å²) in [7, 11) is 0. The van der Waals surface area contributed by atoms with Crippen LogP contribution < -0.4 is 0 Å². The lowest BCUT2D eigenvalue weighted by atomic mass is 9.95. The van der Waals surface area contributed by atoms with E-state index >= 15 is 0 Å². The number of fused-ring (bicyclic) bond motifs is 8. The van der Waals surface area contributed by atoms with E-state index in [1.54, 1.807) is 0 Å². The Labute approximate surface area is 276 Å². The normalized spacial score (nSPS) is 11.8. The van der Waals surface area contributed by atoms with E-state index in [2.05, 4.69) is 140 Å². The molecule has 3 nitrogen and oxygen atoms in total. The lowest BCUT2D eigenvalue weighted by molar-refractivity contribution is 0.668. The average Bonchev–Trinajstić information content (AvgIpc) is 3.74. The van der Waals surface area contributed by atoms with Crippen molar-refractivity contribution in [2.75, 3.05) is 0 Å². The molecule has 0 unspecified atom stereocenters. The summed E-state index contributed by atoms with van der Waals surface area (Å²) in [6.07, 6.45) is 0. The number of nitrogens with zero attached hydrogens (tertiary/aromatic N) is 1. The fourth-order valence-corrected chi connectivity index (χ4v) is 7.18. The molecular weight excluding hydrogens is 587 g/mol. The minimum Gasteiger partial charge on any atom is -0.455 e. The number of furan rings is 2. The Kier molecular flexibility index (Phi) is 5.87. The maximum atomic E-state index is 6.77. The highest BCUT2D eigenvalue weighted by atomic mass is 16.3. The molecule has 0 saturated carbocycles. The predicted molar refractivity (Wildman–Crippen MR) is 198 cm³/mol. The zero-order valence-corrected chi connectivity index (χ0v) is 25.9. The molecule has 10 aromatic rings. The molecule has 3 aromatic heterocycles. The van der Waals surface area contributed by atoms with Crippen LogP contribution in [0.1, 0.15) is 0 Å². The van der Waals surface area contributed by atoms with Crippen LogP contribution in [0, 0.1) is 0 Å². The first-order valence-corrected chi connectivity index (χ1v) is 16.2. The molecule has 7 aromatic carbocycles. The van der Waals surface area contributed by atoms with Gasteiger partial charge < -0.3 is 8.83 Å². The summed E-state index contributed by atoms with van der Waals surface area (Å²) in [6.45, 7) is 0. The quantitative estimate of drug-likeness (QED) is 0.198. The van der Waals surface area contributed by atoms with Crippen molar-refractivity contribution in [3.8, 4) is 44.8 Å². The molecule has 0 aliphatic rings. The number of rotatable bonds is 4. The van der Waals surface area contributed by atoms with Crippen molar-refractivity contribution in [1.82, 2.24) is 4.98 Å². The van der Waals surface area contributed by atoms with Gasteiger partial charge in [0.15, 0.2) is 5.58 Å². The summed E-state index contributed by atoms with van der Waals surface area (Å²) in [4.78, 5) is 5.40. The molecule has 224 valence electrons. The fourth-order valence-electron chi connectivity index (χ4n) is 7.18. The number of aromatic nitrogens is 1. The summed E-state index contributed by atoms with van der Waals surface area (Å²) in [5.41, 5.74) is 11.7. The zero-order chi connectivity index (χ0) is 31.6. The molecule has 3 heterocycles. The molecule has 0 atom stereocenters. The fraction of sp³-hybridized carbons (Fsp3) is 0. The van der Waals surface area contributed by atoms with E-state index in [9.17, 15) is 0 Å². The number of benzene rings is 7. The van der Waals surface area contributed by atoms with Gasteiger partial charge in [-0.25, -0.2) is 4.98 Å². The van der Waals surface area contributed by atoms with E-state index < -0.39 is 0 Å². The standard InChI is InChI=1S/C45H27NO2/c1-3-12-28(13-4-1)29-22-24-31(25-23-29)40-27-39-34-17-9-10-21-41(34)47-45(39)42(46-40)37-26-38-36-20-11-19-32(30-14-5-2-6-15-30)43(36)48-44(38)35-18-8-7-16-33(35)37/h1-27H. The van der Waals surface area contributed by atoms with Gasteiger partial charge in [-0.05, 0) is 40.3 Å². The van der Waals surface area contributed by atoms with Crippen molar-refractivity contribution in [1.29, 1.82) is 0 Å². The predicted octanol–water partition coefficient (Wildman–Crippen LogP) is 12.7. The minimum atomic E-state index is 0.781. The third kappa shape index (κ3) is 4.11. The van der Waals surface area contributed by atoms with E-state index in [1.165, 1.54) is 11.1 Å². The molecule has 0 amide bonds. The van der Waals surface area contributed by atoms with Gasteiger partial charge in [-0.15, -0.1) is 0 Å². The first kappa shape index (κ1) is 26.7. The average molecular weight is 614 g/mol. The zero-order valence-electron chi connectivity index (χ0n) is 25.9. The van der Waals surface area contributed by atoms with Gasteiger partial charge >= 0.3 is 0 Å². The second-order valence-electron chi connectivity index (χ2n) is 12.3. The first-order chi connectivity index (χ1) is 23.8. The second-order valence-corrected chi connectivity index (χ2v) is 12.3. The van der Waals surface area contributed by atoms with Gasteiger partial charge in [0.05, 0.1) is 5.69 Å². The Hall–Kier alpha value is -6.45. The highest BCUT2D eigenvalue weighted by molar-refractivity contribution is 6.22. The molecule has 10 rings (SSSR count). The smallest absolute Gasteiger partial charge is 0.161 e. The monoisotopic (exact) mass is 613 g/mol. The summed E-state index contributed by atoms with van der Waals surface area (Å²) in [6, 6.07) is 57.1. The number of hydrogen-bond donors (Lipinski definition) is 0. The summed E-state index contributed by atoms with van der Waals surface area (Å²) < 4.78 is 13.4. The minimum absolute atomic E-state index is 0.781. The van der Waals surface area contributed by atoms with Crippen LogP contribution in [0.5, 0.6) is 0 Å². The van der Waals surface area contributed by atoms with Gasteiger partial charge in [-0.1, -0.05) is 146 Å². The maximum absolute atomic E-state index is 6.77. The Morgan fingerprint density at radius 3 is 1.71 bits per heavy atom. The van der Waals surface area contributed by atoms with Crippen LogP contribution in [0.15, 0.2) is 173 Å². The van der Waals surface area contributed by atoms with Crippen LogP contribution >= 0.6 is 0 Å². The van der Waals surface area contributed by atoms with Crippen molar-refractivity contribution in [2.24, 2.45) is 0 Å². The third-order valence-electron chi connectivity index (χ3n) is 9.49. The Bertz CT molecular complexity index is 2810. The number of pyridine rings is 1. The molecule has 0 spiro atoms. The topological polar surface area (TPSA) is 39.2 Å². The van der Waals surface area contributed by atoms with E-state index in [0.29, 0.717) is 0 Å². The lowest BCUT2D eigenvalue weighted by Crippen LogP contribution is -1.91. The molecule has 0 bridgehead atoms. The molecule has 0 N–H and O–H groups in total. The van der Waals surface area contributed by atoms with Gasteiger partial charge in [0.2, 0.25) is 0 Å². The number of hydrogen-bond acceptors (Lipinski definition) is 3. The molecular formula is C45H27NO2. The van der Waals surface area contributed by atoms with Crippen LogP contribution in [0.3, 0.4) is 0 Å². The van der Waals surface area contributed by atoms with E-state index in [-0.39, 0.29) is 0 Å². The highest BCUT2D eigenvalue weighted by Gasteiger charge is 2.22. The van der Waals surface area contributed by atoms with Crippen LogP contribution in [0.4, 0.5) is 0 Å². The Morgan fingerprint density at radius 1 is 0.333 bits per heavy atom.